The van der Waals surface area contributed by atoms with Crippen LogP contribution in [0.2, 0.25) is 18.1 Å². The first-order valence-electron chi connectivity index (χ1n) is 5.56. The summed E-state index contributed by atoms with van der Waals surface area (Å²) in [5, 5.41) is 3.66. The molecule has 1 unspecified atom stereocenters. The van der Waals surface area contributed by atoms with Crippen LogP contribution in [0.25, 0.3) is 10.4 Å². The molecule has 1 atom stereocenters. The largest absolute Gasteiger partial charge is 0.411 e. The van der Waals surface area contributed by atoms with Crippen molar-refractivity contribution in [1.29, 1.82) is 0 Å². The highest BCUT2D eigenvalue weighted by Gasteiger charge is 2.37. The van der Waals surface area contributed by atoms with Crippen molar-refractivity contribution in [2.24, 2.45) is 5.11 Å². The Bertz CT molecular complexity index is 288. The molecule has 0 aromatic rings. The van der Waals surface area contributed by atoms with E-state index in [4.69, 9.17) is 9.96 Å². The summed E-state index contributed by atoms with van der Waals surface area (Å²) in [7, 11) is -1.69. The van der Waals surface area contributed by atoms with Gasteiger partial charge in [-0.25, -0.2) is 0 Å². The average molecular weight is 241 g/mol. The van der Waals surface area contributed by atoms with E-state index < -0.39 is 8.32 Å². The normalized spacial score (nSPS) is 14.9. The first-order chi connectivity index (χ1) is 7.20. The Morgan fingerprint density at radius 1 is 1.44 bits per heavy atom. The van der Waals surface area contributed by atoms with Crippen LogP contribution in [0.15, 0.2) is 17.3 Å². The van der Waals surface area contributed by atoms with E-state index in [1.54, 1.807) is 0 Å². The van der Waals surface area contributed by atoms with Crippen molar-refractivity contribution >= 4 is 8.32 Å². The second-order valence-corrected chi connectivity index (χ2v) is 10.2. The maximum absolute atomic E-state index is 8.12. The summed E-state index contributed by atoms with van der Waals surface area (Å²) in [5.41, 5.74) is 8.12. The van der Waals surface area contributed by atoms with Crippen molar-refractivity contribution in [2.75, 3.05) is 6.54 Å². The fourth-order valence-corrected chi connectivity index (χ4v) is 2.38. The van der Waals surface area contributed by atoms with E-state index in [9.17, 15) is 0 Å². The fraction of sp³-hybridized carbons (Fsp3) is 0.818. The van der Waals surface area contributed by atoms with Gasteiger partial charge in [-0.15, -0.1) is 0 Å². The molecule has 0 bridgehead atoms. The Balaban J connectivity index is 4.29. The molecule has 16 heavy (non-hydrogen) atoms. The third kappa shape index (κ3) is 5.35. The topological polar surface area (TPSA) is 58.0 Å². The van der Waals surface area contributed by atoms with Gasteiger partial charge in [0.15, 0.2) is 8.32 Å². The van der Waals surface area contributed by atoms with E-state index in [0.29, 0.717) is 6.54 Å². The van der Waals surface area contributed by atoms with Gasteiger partial charge in [0.1, 0.15) is 0 Å². The number of azide groups is 1. The van der Waals surface area contributed by atoms with Crippen molar-refractivity contribution in [3.63, 3.8) is 0 Å². The molecule has 5 heteroatoms. The highest BCUT2D eigenvalue weighted by atomic mass is 28.4. The van der Waals surface area contributed by atoms with Gasteiger partial charge in [0.25, 0.3) is 0 Å². The number of hydrogen-bond acceptors (Lipinski definition) is 2. The molecule has 0 aromatic carbocycles. The molecule has 0 saturated heterocycles. The van der Waals surface area contributed by atoms with E-state index >= 15 is 0 Å². The number of nitrogens with zero attached hydrogens (tertiary/aromatic N) is 3. The molecule has 0 aromatic heterocycles. The first-order valence-corrected chi connectivity index (χ1v) is 8.47. The average Bonchev–Trinajstić information content (AvgIpc) is 2.10. The van der Waals surface area contributed by atoms with Crippen LogP contribution in [0, 0.1) is 0 Å². The van der Waals surface area contributed by atoms with Crippen molar-refractivity contribution in [3.8, 4) is 0 Å². The molecule has 0 heterocycles. The van der Waals surface area contributed by atoms with Crippen LogP contribution in [0.1, 0.15) is 27.7 Å². The van der Waals surface area contributed by atoms with E-state index in [0.717, 1.165) is 0 Å². The van der Waals surface area contributed by atoms with Gasteiger partial charge in [0.05, 0.1) is 6.10 Å². The lowest BCUT2D eigenvalue weighted by molar-refractivity contribution is 0.243. The highest BCUT2D eigenvalue weighted by Crippen LogP contribution is 2.37. The monoisotopic (exact) mass is 241 g/mol. The van der Waals surface area contributed by atoms with Gasteiger partial charge in [-0.1, -0.05) is 38.0 Å². The zero-order valence-corrected chi connectivity index (χ0v) is 12.2. The Morgan fingerprint density at radius 3 is 2.44 bits per heavy atom. The van der Waals surface area contributed by atoms with Gasteiger partial charge in [0.2, 0.25) is 0 Å². The van der Waals surface area contributed by atoms with Crippen molar-refractivity contribution in [2.45, 2.75) is 51.9 Å². The molecular formula is C11H23N3OSi. The SMILES string of the molecule is CC(/C=C/CN=[N+]=[N-])O[Si](C)(C)C(C)(C)C. The van der Waals surface area contributed by atoms with Gasteiger partial charge in [-0.3, -0.25) is 0 Å². The summed E-state index contributed by atoms with van der Waals surface area (Å²) in [6.45, 7) is 13.5. The summed E-state index contributed by atoms with van der Waals surface area (Å²) < 4.78 is 6.10. The molecular weight excluding hydrogens is 218 g/mol. The minimum absolute atomic E-state index is 0.0785. The molecule has 92 valence electrons. The highest BCUT2D eigenvalue weighted by molar-refractivity contribution is 6.74. The molecule has 0 radical (unpaired) electrons. The predicted octanol–water partition coefficient (Wildman–Crippen LogP) is 4.26. The number of hydrogen-bond donors (Lipinski definition) is 0. The fourth-order valence-electron chi connectivity index (χ4n) is 1.02. The summed E-state index contributed by atoms with van der Waals surface area (Å²) >= 11 is 0. The Morgan fingerprint density at radius 2 is 2.00 bits per heavy atom. The van der Waals surface area contributed by atoms with E-state index in [1.165, 1.54) is 0 Å². The van der Waals surface area contributed by atoms with Gasteiger partial charge in [-0.05, 0) is 30.6 Å². The van der Waals surface area contributed by atoms with Crippen molar-refractivity contribution in [3.05, 3.63) is 22.6 Å². The van der Waals surface area contributed by atoms with Crippen LogP contribution in [0.5, 0.6) is 0 Å². The van der Waals surface area contributed by atoms with Gasteiger partial charge in [-0.2, -0.15) is 0 Å². The van der Waals surface area contributed by atoms with E-state index in [2.05, 4.69) is 43.9 Å². The maximum Gasteiger partial charge on any atom is 0.192 e. The molecule has 4 nitrogen and oxygen atoms in total. The van der Waals surface area contributed by atoms with Crippen LogP contribution in [-0.4, -0.2) is 21.0 Å². The minimum Gasteiger partial charge on any atom is -0.411 e. The Labute approximate surface area is 99.5 Å². The molecule has 0 spiro atoms. The molecule has 0 rings (SSSR count). The van der Waals surface area contributed by atoms with Crippen molar-refractivity contribution in [1.82, 2.24) is 0 Å². The minimum atomic E-state index is -1.69. The molecule has 0 fully saturated rings. The zero-order chi connectivity index (χ0) is 12.8. The molecule has 0 aliphatic rings. The van der Waals surface area contributed by atoms with Crippen molar-refractivity contribution < 1.29 is 4.43 Å². The summed E-state index contributed by atoms with van der Waals surface area (Å²) in [6.07, 6.45) is 3.88. The second-order valence-electron chi connectivity index (χ2n) is 5.42. The summed E-state index contributed by atoms with van der Waals surface area (Å²) in [5.74, 6) is 0. The first kappa shape index (κ1) is 15.2. The third-order valence-electron chi connectivity index (χ3n) is 2.94. The lowest BCUT2D eigenvalue weighted by atomic mass is 10.2. The van der Waals surface area contributed by atoms with E-state index in [1.807, 2.05) is 19.1 Å². The summed E-state index contributed by atoms with van der Waals surface area (Å²) in [4.78, 5) is 2.69. The van der Waals surface area contributed by atoms with E-state index in [-0.39, 0.29) is 11.1 Å². The van der Waals surface area contributed by atoms with Crippen LogP contribution >= 0.6 is 0 Å². The lowest BCUT2D eigenvalue weighted by Crippen LogP contribution is -2.42. The van der Waals surface area contributed by atoms with Gasteiger partial charge in [0, 0.05) is 11.5 Å². The molecule has 0 amide bonds. The molecule has 0 aliphatic carbocycles. The molecule has 0 N–H and O–H groups in total. The Hall–Kier alpha value is -0.773. The molecule has 0 aliphatic heterocycles. The van der Waals surface area contributed by atoms with Crippen LogP contribution < -0.4 is 0 Å². The smallest absolute Gasteiger partial charge is 0.192 e. The van der Waals surface area contributed by atoms with Gasteiger partial charge >= 0.3 is 0 Å². The predicted molar refractivity (Wildman–Crippen MR) is 70.9 cm³/mol. The van der Waals surface area contributed by atoms with Crippen LogP contribution in [-0.2, 0) is 4.43 Å². The maximum atomic E-state index is 8.12. The second kappa shape index (κ2) is 6.08. The van der Waals surface area contributed by atoms with Crippen LogP contribution in [0.3, 0.4) is 0 Å². The standard InChI is InChI=1S/C11H23N3OSi/c1-10(8-7-9-13-14-12)15-16(5,6)11(2,3)4/h7-8,10H,9H2,1-6H3/b8-7+. The van der Waals surface area contributed by atoms with Gasteiger partial charge < -0.3 is 4.43 Å². The summed E-state index contributed by atoms with van der Waals surface area (Å²) in [6, 6.07) is 0. The third-order valence-corrected chi connectivity index (χ3v) is 7.52. The Kier molecular flexibility index (Phi) is 5.79. The zero-order valence-electron chi connectivity index (χ0n) is 11.2. The van der Waals surface area contributed by atoms with Crippen LogP contribution in [0.4, 0.5) is 0 Å². The lowest BCUT2D eigenvalue weighted by Gasteiger charge is -2.37. The molecule has 0 saturated carbocycles. The number of rotatable bonds is 5. The quantitative estimate of drug-likeness (QED) is 0.233.